The summed E-state index contributed by atoms with van der Waals surface area (Å²) in [5.41, 5.74) is 1.73. The minimum absolute atomic E-state index is 0.0135. The summed E-state index contributed by atoms with van der Waals surface area (Å²) < 4.78 is 18.7. The number of carbonyl (C=O) groups is 2. The van der Waals surface area contributed by atoms with Crippen molar-refractivity contribution in [3.63, 3.8) is 0 Å². The number of nitrogens with one attached hydrogen (secondary N) is 1. The molecule has 4 rings (SSSR count). The topological polar surface area (TPSA) is 71.5 Å². The molecule has 2 fully saturated rings. The summed E-state index contributed by atoms with van der Waals surface area (Å²) >= 11 is 0. The number of pyridine rings is 1. The van der Waals surface area contributed by atoms with Crippen molar-refractivity contribution in [3.8, 4) is 11.3 Å². The number of benzene rings is 1. The summed E-state index contributed by atoms with van der Waals surface area (Å²) in [6, 6.07) is 9.57. The van der Waals surface area contributed by atoms with Gasteiger partial charge in [-0.1, -0.05) is 12.1 Å². The Bertz CT molecular complexity index is 881. The number of morpholine rings is 1. The Kier molecular flexibility index (Phi) is 5.85. The van der Waals surface area contributed by atoms with Crippen LogP contribution in [0.25, 0.3) is 11.3 Å². The maximum atomic E-state index is 13.4. The molecule has 1 aliphatic heterocycles. The minimum Gasteiger partial charge on any atom is -0.378 e. The Balaban J connectivity index is 1.33. The number of aromatic nitrogens is 1. The molecule has 6 nitrogen and oxygen atoms in total. The molecule has 2 heterocycles. The Hall–Kier alpha value is -2.80. The van der Waals surface area contributed by atoms with E-state index < -0.39 is 0 Å². The highest BCUT2D eigenvalue weighted by Crippen LogP contribution is 2.28. The lowest BCUT2D eigenvalue weighted by Gasteiger charge is -2.29. The minimum atomic E-state index is -0.325. The second-order valence-corrected chi connectivity index (χ2v) is 7.56. The quantitative estimate of drug-likeness (QED) is 0.861. The van der Waals surface area contributed by atoms with Gasteiger partial charge in [0.05, 0.1) is 24.5 Å². The van der Waals surface area contributed by atoms with Gasteiger partial charge in [0.25, 0.3) is 5.91 Å². The van der Waals surface area contributed by atoms with Crippen LogP contribution in [0.3, 0.4) is 0 Å². The molecular weight excluding hydrogens is 373 g/mol. The van der Waals surface area contributed by atoms with Crippen LogP contribution >= 0.6 is 0 Å². The molecule has 2 aliphatic rings. The number of amides is 2. The molecule has 0 radical (unpaired) electrons. The van der Waals surface area contributed by atoms with Gasteiger partial charge < -0.3 is 15.0 Å². The fraction of sp³-hybridized carbons (Fsp3) is 0.409. The number of ether oxygens (including phenoxy) is 1. The molecule has 2 atom stereocenters. The first-order valence-electron chi connectivity index (χ1n) is 9.99. The standard InChI is InChI=1S/C22H24FN3O3/c23-18-3-1-2-15(12-18)20-7-5-17(14-24-20)21(27)25-19-6-4-16(13-19)22(28)26-8-10-29-11-9-26/h1-3,5,7,12,14,16,19H,4,6,8-11,13H2,(H,25,27)/t16-,19+/m1/s1. The molecule has 0 bridgehead atoms. The summed E-state index contributed by atoms with van der Waals surface area (Å²) in [4.78, 5) is 31.3. The number of rotatable bonds is 4. The molecule has 1 aromatic heterocycles. The predicted molar refractivity (Wildman–Crippen MR) is 106 cm³/mol. The van der Waals surface area contributed by atoms with E-state index in [0.717, 1.165) is 12.8 Å². The van der Waals surface area contributed by atoms with Gasteiger partial charge in [-0.05, 0) is 43.5 Å². The lowest BCUT2D eigenvalue weighted by Crippen LogP contribution is -2.43. The molecule has 0 unspecified atom stereocenters. The number of carbonyl (C=O) groups excluding carboxylic acids is 2. The van der Waals surface area contributed by atoms with Gasteiger partial charge in [-0.25, -0.2) is 4.39 Å². The number of hydrogen-bond acceptors (Lipinski definition) is 4. The van der Waals surface area contributed by atoms with Crippen LogP contribution in [0.15, 0.2) is 42.6 Å². The molecule has 2 amide bonds. The van der Waals surface area contributed by atoms with Crippen molar-refractivity contribution in [2.45, 2.75) is 25.3 Å². The number of halogens is 1. The number of nitrogens with zero attached hydrogens (tertiary/aromatic N) is 2. The Morgan fingerprint density at radius 3 is 2.69 bits per heavy atom. The first kappa shape index (κ1) is 19.5. The highest BCUT2D eigenvalue weighted by molar-refractivity contribution is 5.94. The summed E-state index contributed by atoms with van der Waals surface area (Å²) in [6.07, 6.45) is 3.75. The van der Waals surface area contributed by atoms with Gasteiger partial charge in [0.15, 0.2) is 0 Å². The lowest BCUT2D eigenvalue weighted by atomic mass is 10.1. The van der Waals surface area contributed by atoms with E-state index in [-0.39, 0.29) is 29.6 Å². The molecule has 1 N–H and O–H groups in total. The molecule has 2 aromatic rings. The van der Waals surface area contributed by atoms with Crippen LogP contribution in [0, 0.1) is 11.7 Å². The first-order chi connectivity index (χ1) is 14.1. The third-order valence-electron chi connectivity index (χ3n) is 5.59. The van der Waals surface area contributed by atoms with Gasteiger partial charge in [-0.3, -0.25) is 14.6 Å². The third kappa shape index (κ3) is 4.62. The third-order valence-corrected chi connectivity index (χ3v) is 5.59. The smallest absolute Gasteiger partial charge is 0.253 e. The van der Waals surface area contributed by atoms with Gasteiger partial charge in [-0.2, -0.15) is 0 Å². The van der Waals surface area contributed by atoms with Gasteiger partial charge >= 0.3 is 0 Å². The molecule has 1 saturated carbocycles. The van der Waals surface area contributed by atoms with Gasteiger partial charge in [0, 0.05) is 36.8 Å². The zero-order valence-corrected chi connectivity index (χ0v) is 16.1. The van der Waals surface area contributed by atoms with Crippen LogP contribution in [0.5, 0.6) is 0 Å². The van der Waals surface area contributed by atoms with Crippen molar-refractivity contribution in [1.29, 1.82) is 0 Å². The number of hydrogen-bond donors (Lipinski definition) is 1. The largest absolute Gasteiger partial charge is 0.378 e. The van der Waals surface area contributed by atoms with E-state index >= 15 is 0 Å². The van der Waals surface area contributed by atoms with E-state index in [9.17, 15) is 14.0 Å². The molecular formula is C22H24FN3O3. The molecule has 29 heavy (non-hydrogen) atoms. The van der Waals surface area contributed by atoms with Crippen LogP contribution in [-0.2, 0) is 9.53 Å². The zero-order chi connectivity index (χ0) is 20.2. The molecule has 1 saturated heterocycles. The van der Waals surface area contributed by atoms with Crippen LogP contribution < -0.4 is 5.32 Å². The SMILES string of the molecule is O=C(N[C@H]1CC[C@@H](C(=O)N2CCOCC2)C1)c1ccc(-c2cccc(F)c2)nc1. The Morgan fingerprint density at radius 2 is 1.97 bits per heavy atom. The fourth-order valence-electron chi connectivity index (χ4n) is 3.99. The van der Waals surface area contributed by atoms with E-state index in [1.165, 1.54) is 18.3 Å². The normalized spacial score (nSPS) is 21.8. The van der Waals surface area contributed by atoms with E-state index in [1.807, 2.05) is 4.90 Å². The van der Waals surface area contributed by atoms with E-state index in [2.05, 4.69) is 10.3 Å². The second kappa shape index (κ2) is 8.69. The maximum absolute atomic E-state index is 13.4. The molecule has 7 heteroatoms. The van der Waals surface area contributed by atoms with Crippen LogP contribution in [0.4, 0.5) is 4.39 Å². The van der Waals surface area contributed by atoms with Crippen LogP contribution in [0.1, 0.15) is 29.6 Å². The average molecular weight is 397 g/mol. The fourth-order valence-corrected chi connectivity index (χ4v) is 3.99. The first-order valence-corrected chi connectivity index (χ1v) is 9.99. The summed E-state index contributed by atoms with van der Waals surface area (Å²) in [5.74, 6) is -0.390. The van der Waals surface area contributed by atoms with Crippen molar-refractivity contribution in [2.75, 3.05) is 26.3 Å². The van der Waals surface area contributed by atoms with E-state index in [4.69, 9.17) is 4.74 Å². The maximum Gasteiger partial charge on any atom is 0.253 e. The monoisotopic (exact) mass is 397 g/mol. The van der Waals surface area contributed by atoms with Crippen molar-refractivity contribution >= 4 is 11.8 Å². The molecule has 1 aromatic carbocycles. The lowest BCUT2D eigenvalue weighted by molar-refractivity contribution is -0.139. The van der Waals surface area contributed by atoms with Crippen LogP contribution in [0.2, 0.25) is 0 Å². The van der Waals surface area contributed by atoms with Gasteiger partial charge in [0.2, 0.25) is 5.91 Å². The average Bonchev–Trinajstić information content (AvgIpc) is 3.22. The molecule has 152 valence electrons. The van der Waals surface area contributed by atoms with Crippen molar-refractivity contribution < 1.29 is 18.7 Å². The molecule has 1 aliphatic carbocycles. The highest BCUT2D eigenvalue weighted by Gasteiger charge is 2.33. The van der Waals surface area contributed by atoms with Crippen molar-refractivity contribution in [2.24, 2.45) is 5.92 Å². The summed E-state index contributed by atoms with van der Waals surface area (Å²) in [7, 11) is 0. The molecule has 0 spiro atoms. The van der Waals surface area contributed by atoms with Crippen molar-refractivity contribution in [3.05, 3.63) is 54.0 Å². The van der Waals surface area contributed by atoms with E-state index in [1.54, 1.807) is 24.3 Å². The Labute approximate surface area is 169 Å². The Morgan fingerprint density at radius 1 is 1.14 bits per heavy atom. The van der Waals surface area contributed by atoms with E-state index in [0.29, 0.717) is 49.5 Å². The summed E-state index contributed by atoms with van der Waals surface area (Å²) in [5, 5.41) is 3.02. The van der Waals surface area contributed by atoms with Crippen LogP contribution in [-0.4, -0.2) is 54.0 Å². The van der Waals surface area contributed by atoms with Gasteiger partial charge in [0.1, 0.15) is 5.82 Å². The second-order valence-electron chi connectivity index (χ2n) is 7.56. The zero-order valence-electron chi connectivity index (χ0n) is 16.1. The highest BCUT2D eigenvalue weighted by atomic mass is 19.1. The van der Waals surface area contributed by atoms with Gasteiger partial charge in [-0.15, -0.1) is 0 Å². The summed E-state index contributed by atoms with van der Waals surface area (Å²) in [6.45, 7) is 2.49. The predicted octanol–water partition coefficient (Wildman–Crippen LogP) is 2.65. The van der Waals surface area contributed by atoms with Crippen molar-refractivity contribution in [1.82, 2.24) is 15.2 Å².